The number of ether oxygens (including phenoxy) is 1. The van der Waals surface area contributed by atoms with Gasteiger partial charge in [0.2, 0.25) is 0 Å². The van der Waals surface area contributed by atoms with Crippen LogP contribution < -0.4 is 0 Å². The van der Waals surface area contributed by atoms with E-state index >= 15 is 0 Å². The van der Waals surface area contributed by atoms with E-state index in [0.717, 1.165) is 6.42 Å². The van der Waals surface area contributed by atoms with Crippen molar-refractivity contribution in [1.29, 1.82) is 0 Å². The molecule has 0 amide bonds. The first-order chi connectivity index (χ1) is 9.38. The molecule has 6 atom stereocenters. The van der Waals surface area contributed by atoms with Crippen molar-refractivity contribution in [3.05, 3.63) is 11.1 Å². The third-order valence-corrected chi connectivity index (χ3v) is 7.78. The lowest BCUT2D eigenvalue weighted by Gasteiger charge is -2.40. The summed E-state index contributed by atoms with van der Waals surface area (Å²) in [7, 11) is 0. The van der Waals surface area contributed by atoms with Crippen molar-refractivity contribution >= 4 is 11.9 Å². The first kappa shape index (κ1) is 11.5. The summed E-state index contributed by atoms with van der Waals surface area (Å²) < 4.78 is 4.95. The Hall–Kier alpha value is -1.12. The van der Waals surface area contributed by atoms with Crippen molar-refractivity contribution in [2.24, 2.45) is 40.4 Å². The van der Waals surface area contributed by atoms with Crippen molar-refractivity contribution in [3.63, 3.8) is 0 Å². The Morgan fingerprint density at radius 3 is 2.40 bits per heavy atom. The van der Waals surface area contributed by atoms with E-state index in [4.69, 9.17) is 4.74 Å². The Kier molecular flexibility index (Phi) is 1.67. The summed E-state index contributed by atoms with van der Waals surface area (Å²) in [5, 5.41) is 0. The fourth-order valence-electron chi connectivity index (χ4n) is 6.66. The average Bonchev–Trinajstić information content (AvgIpc) is 3.07. The first-order valence-corrected chi connectivity index (χ1v) is 7.88. The summed E-state index contributed by atoms with van der Waals surface area (Å²) in [6.45, 7) is 7.17. The molecule has 5 rings (SSSR count). The van der Waals surface area contributed by atoms with Gasteiger partial charge in [-0.25, -0.2) is 0 Å². The highest BCUT2D eigenvalue weighted by Gasteiger charge is 2.72. The highest BCUT2D eigenvalue weighted by atomic mass is 16.6. The number of hydrogen-bond acceptors (Lipinski definition) is 3. The number of allylic oxidation sites excluding steroid dienone is 2. The second-order valence-electron chi connectivity index (χ2n) is 8.25. The minimum atomic E-state index is -0.247. The molecule has 4 bridgehead atoms. The van der Waals surface area contributed by atoms with E-state index in [1.54, 1.807) is 11.1 Å². The van der Waals surface area contributed by atoms with Crippen LogP contribution in [-0.4, -0.2) is 11.9 Å². The summed E-state index contributed by atoms with van der Waals surface area (Å²) in [6, 6.07) is 0. The van der Waals surface area contributed by atoms with Gasteiger partial charge in [0.05, 0.1) is 11.8 Å². The third kappa shape index (κ3) is 0.872. The molecule has 4 aliphatic carbocycles. The largest absolute Gasteiger partial charge is 0.393 e. The van der Waals surface area contributed by atoms with Crippen LogP contribution in [0.15, 0.2) is 11.1 Å². The molecule has 1 saturated heterocycles. The van der Waals surface area contributed by atoms with Gasteiger partial charge in [0, 0.05) is 0 Å². The van der Waals surface area contributed by atoms with Crippen molar-refractivity contribution in [2.75, 3.05) is 0 Å². The molecule has 0 aromatic carbocycles. The monoisotopic (exact) mass is 272 g/mol. The summed E-state index contributed by atoms with van der Waals surface area (Å²) in [6.07, 6.45) is 3.53. The van der Waals surface area contributed by atoms with Crippen LogP contribution in [-0.2, 0) is 14.3 Å². The smallest absolute Gasteiger partial charge is 0.318 e. The van der Waals surface area contributed by atoms with Gasteiger partial charge in [-0.1, -0.05) is 31.9 Å². The lowest BCUT2D eigenvalue weighted by Crippen LogP contribution is -2.34. The second-order valence-corrected chi connectivity index (χ2v) is 8.25. The number of fused-ring (bicyclic) bond motifs is 11. The van der Waals surface area contributed by atoms with Gasteiger partial charge in [0.15, 0.2) is 0 Å². The molecule has 1 aliphatic heterocycles. The molecule has 20 heavy (non-hydrogen) atoms. The molecule has 1 heterocycles. The van der Waals surface area contributed by atoms with Crippen LogP contribution in [0.4, 0.5) is 0 Å². The molecule has 0 aromatic heterocycles. The third-order valence-electron chi connectivity index (χ3n) is 7.78. The molecule has 2 saturated carbocycles. The second kappa shape index (κ2) is 2.90. The quantitative estimate of drug-likeness (QED) is 0.295. The van der Waals surface area contributed by atoms with Crippen LogP contribution in [0.2, 0.25) is 0 Å². The molecular weight excluding hydrogens is 252 g/mol. The molecule has 3 heteroatoms. The van der Waals surface area contributed by atoms with Gasteiger partial charge in [-0.05, 0) is 47.8 Å². The fourth-order valence-corrected chi connectivity index (χ4v) is 6.66. The lowest BCUT2D eigenvalue weighted by atomic mass is 9.63. The molecule has 0 radical (unpaired) electrons. The summed E-state index contributed by atoms with van der Waals surface area (Å²) in [5.41, 5.74) is 3.67. The summed E-state index contributed by atoms with van der Waals surface area (Å²) in [4.78, 5) is 24.1. The van der Waals surface area contributed by atoms with Crippen LogP contribution >= 0.6 is 0 Å². The molecule has 5 aliphatic rings. The Morgan fingerprint density at radius 1 is 1.05 bits per heavy atom. The Bertz CT molecular complexity index is 614. The zero-order valence-corrected chi connectivity index (χ0v) is 12.2. The molecule has 3 nitrogen and oxygen atoms in total. The van der Waals surface area contributed by atoms with Gasteiger partial charge < -0.3 is 4.74 Å². The van der Waals surface area contributed by atoms with Gasteiger partial charge in [-0.2, -0.15) is 0 Å². The predicted molar refractivity (Wildman–Crippen MR) is 71.3 cm³/mol. The summed E-state index contributed by atoms with van der Waals surface area (Å²) in [5.74, 6) is 0.442. The maximum Gasteiger partial charge on any atom is 0.318 e. The molecule has 0 spiro atoms. The van der Waals surface area contributed by atoms with Crippen molar-refractivity contribution in [3.8, 4) is 0 Å². The van der Waals surface area contributed by atoms with Gasteiger partial charge in [0.1, 0.15) is 0 Å². The number of rotatable bonds is 0. The maximum absolute atomic E-state index is 12.1. The van der Waals surface area contributed by atoms with E-state index in [9.17, 15) is 9.59 Å². The normalized spacial score (nSPS) is 53.6. The van der Waals surface area contributed by atoms with Gasteiger partial charge in [-0.3, -0.25) is 9.59 Å². The van der Waals surface area contributed by atoms with Crippen molar-refractivity contribution in [1.82, 2.24) is 0 Å². The summed E-state index contributed by atoms with van der Waals surface area (Å²) >= 11 is 0. The molecule has 106 valence electrons. The van der Waals surface area contributed by atoms with Crippen LogP contribution in [0, 0.1) is 40.4 Å². The Labute approximate surface area is 118 Å². The lowest BCUT2D eigenvalue weighted by molar-refractivity contribution is -0.154. The molecule has 3 fully saturated rings. The standard InChI is InChI=1S/C17H20O3/c1-16(2)9-4-5-17(16,3)13-8-6-7(10(9)13)11-12(8)15(19)20-14(11)18/h7-9,11-12H,4-6H2,1-3H3. The molecule has 6 unspecified atom stereocenters. The number of carbonyl (C=O) groups is 2. The van der Waals surface area contributed by atoms with Crippen molar-refractivity contribution in [2.45, 2.75) is 40.0 Å². The highest BCUT2D eigenvalue weighted by molar-refractivity contribution is 5.98. The number of hydrogen-bond donors (Lipinski definition) is 0. The Morgan fingerprint density at radius 2 is 1.70 bits per heavy atom. The van der Waals surface area contributed by atoms with E-state index in [-0.39, 0.29) is 29.2 Å². The van der Waals surface area contributed by atoms with Crippen molar-refractivity contribution < 1.29 is 14.3 Å². The fraction of sp³-hybridized carbons (Fsp3) is 0.765. The minimum absolute atomic E-state index is 0.148. The highest BCUT2D eigenvalue weighted by Crippen LogP contribution is 2.77. The van der Waals surface area contributed by atoms with Gasteiger partial charge >= 0.3 is 11.9 Å². The van der Waals surface area contributed by atoms with Crippen LogP contribution in [0.1, 0.15) is 40.0 Å². The van der Waals surface area contributed by atoms with Gasteiger partial charge in [-0.15, -0.1) is 0 Å². The zero-order chi connectivity index (χ0) is 14.0. The maximum atomic E-state index is 12.1. The molecular formula is C17H20O3. The van der Waals surface area contributed by atoms with Crippen LogP contribution in [0.25, 0.3) is 0 Å². The van der Waals surface area contributed by atoms with Crippen LogP contribution in [0.5, 0.6) is 0 Å². The number of carbonyl (C=O) groups excluding carboxylic acids is 2. The average molecular weight is 272 g/mol. The number of esters is 2. The first-order valence-electron chi connectivity index (χ1n) is 7.88. The predicted octanol–water partition coefficient (Wildman–Crippen LogP) is 2.70. The van der Waals surface area contributed by atoms with E-state index in [0.29, 0.717) is 23.2 Å². The van der Waals surface area contributed by atoms with E-state index in [2.05, 4.69) is 20.8 Å². The Balaban J connectivity index is 1.71. The topological polar surface area (TPSA) is 43.4 Å². The van der Waals surface area contributed by atoms with Gasteiger partial charge in [0.25, 0.3) is 0 Å². The van der Waals surface area contributed by atoms with Crippen LogP contribution in [0.3, 0.4) is 0 Å². The van der Waals surface area contributed by atoms with E-state index in [1.807, 2.05) is 0 Å². The number of cyclic esters (lactones) is 2. The molecule has 0 aromatic rings. The molecule has 0 N–H and O–H groups in total. The minimum Gasteiger partial charge on any atom is -0.393 e. The zero-order valence-electron chi connectivity index (χ0n) is 12.2. The van der Waals surface area contributed by atoms with E-state index in [1.165, 1.54) is 12.8 Å². The SMILES string of the molecule is CC12CCC(C3=C1C1CC3C3C(=O)OC(=O)C13)C2(C)C. The van der Waals surface area contributed by atoms with E-state index < -0.39 is 0 Å².